The van der Waals surface area contributed by atoms with Crippen LogP contribution in [0.2, 0.25) is 0 Å². The highest BCUT2D eigenvalue weighted by Gasteiger charge is 2.46. The first-order valence-electron chi connectivity index (χ1n) is 14.7. The first kappa shape index (κ1) is 30.4. The van der Waals surface area contributed by atoms with Crippen molar-refractivity contribution in [2.45, 2.75) is 46.1 Å². The summed E-state index contributed by atoms with van der Waals surface area (Å²) in [6.07, 6.45) is 2.61. The number of ketones is 1. The summed E-state index contributed by atoms with van der Waals surface area (Å²) in [5.41, 5.74) is 1.18. The van der Waals surface area contributed by atoms with Crippen LogP contribution in [0, 0.1) is 0 Å². The van der Waals surface area contributed by atoms with Gasteiger partial charge >= 0.3 is 0 Å². The predicted octanol–water partition coefficient (Wildman–Crippen LogP) is 4.81. The molecule has 222 valence electrons. The molecule has 1 atom stereocenters. The minimum Gasteiger partial charge on any atom is -0.507 e. The molecule has 2 aliphatic heterocycles. The molecule has 2 aromatic carbocycles. The maximum atomic E-state index is 13.5. The van der Waals surface area contributed by atoms with Crippen molar-refractivity contribution < 1.29 is 33.6 Å². The van der Waals surface area contributed by atoms with Gasteiger partial charge in [0.05, 0.1) is 44.6 Å². The van der Waals surface area contributed by atoms with Crippen LogP contribution >= 0.6 is 0 Å². The molecule has 2 aromatic rings. The molecule has 2 saturated heterocycles. The monoisotopic (exact) mass is 566 g/mol. The second kappa shape index (κ2) is 14.9. The van der Waals surface area contributed by atoms with Crippen LogP contribution in [0.15, 0.2) is 48.0 Å². The van der Waals surface area contributed by atoms with Crippen molar-refractivity contribution in [1.29, 1.82) is 0 Å². The highest BCUT2D eigenvalue weighted by Crippen LogP contribution is 2.42. The van der Waals surface area contributed by atoms with Gasteiger partial charge in [-0.3, -0.25) is 14.5 Å². The fraction of sp³-hybridized carbons (Fsp3) is 0.500. The summed E-state index contributed by atoms with van der Waals surface area (Å²) >= 11 is 0. The zero-order chi connectivity index (χ0) is 29.2. The lowest BCUT2D eigenvalue weighted by atomic mass is 9.95. The molecule has 9 heteroatoms. The summed E-state index contributed by atoms with van der Waals surface area (Å²) in [5.74, 6) is 0.276. The van der Waals surface area contributed by atoms with E-state index in [2.05, 4.69) is 11.8 Å². The summed E-state index contributed by atoms with van der Waals surface area (Å²) in [6, 6.07) is 11.6. The van der Waals surface area contributed by atoms with Gasteiger partial charge in [-0.1, -0.05) is 19.4 Å². The van der Waals surface area contributed by atoms with E-state index in [0.29, 0.717) is 74.4 Å². The number of hydrogen-bond acceptors (Lipinski definition) is 8. The first-order chi connectivity index (χ1) is 20.0. The highest BCUT2D eigenvalue weighted by molar-refractivity contribution is 6.46. The third-order valence-corrected chi connectivity index (χ3v) is 7.29. The Morgan fingerprint density at radius 1 is 0.902 bits per heavy atom. The largest absolute Gasteiger partial charge is 0.507 e. The lowest BCUT2D eigenvalue weighted by molar-refractivity contribution is -0.140. The third kappa shape index (κ3) is 7.40. The van der Waals surface area contributed by atoms with Crippen molar-refractivity contribution in [1.82, 2.24) is 9.80 Å². The summed E-state index contributed by atoms with van der Waals surface area (Å²) in [7, 11) is 0. The zero-order valence-corrected chi connectivity index (χ0v) is 24.4. The summed E-state index contributed by atoms with van der Waals surface area (Å²) < 4.78 is 22.8. The number of amides is 1. The zero-order valence-electron chi connectivity index (χ0n) is 24.4. The number of rotatable bonds is 14. The van der Waals surface area contributed by atoms with E-state index >= 15 is 0 Å². The Bertz CT molecular complexity index is 1210. The number of aliphatic hydroxyl groups is 1. The van der Waals surface area contributed by atoms with Crippen LogP contribution in [0.1, 0.15) is 57.2 Å². The van der Waals surface area contributed by atoms with E-state index in [1.54, 1.807) is 29.2 Å². The van der Waals surface area contributed by atoms with E-state index in [1.165, 1.54) is 0 Å². The number of nitrogens with zero attached hydrogens (tertiary/aromatic N) is 2. The Kier molecular flexibility index (Phi) is 11.0. The molecule has 1 unspecified atom stereocenters. The minimum atomic E-state index is -0.768. The number of carbonyl (C=O) groups excluding carboxylic acids is 2. The van der Waals surface area contributed by atoms with Crippen molar-refractivity contribution in [3.63, 3.8) is 0 Å². The standard InChI is InChI=1S/C32H42N2O7/c1-4-7-19-41-26-14-11-24(22-27(26)40-6-3)29-28(30(35)23-9-12-25(13-10-23)39-5-2)31(36)32(37)34(29)16-8-15-33-17-20-38-21-18-33/h9-14,22,29,35H,4-8,15-21H2,1-3H3. The summed E-state index contributed by atoms with van der Waals surface area (Å²) in [4.78, 5) is 30.8. The van der Waals surface area contributed by atoms with E-state index < -0.39 is 17.7 Å². The van der Waals surface area contributed by atoms with E-state index in [0.717, 1.165) is 32.5 Å². The lowest BCUT2D eigenvalue weighted by Gasteiger charge is -2.29. The van der Waals surface area contributed by atoms with Crippen LogP contribution in [0.5, 0.6) is 17.2 Å². The van der Waals surface area contributed by atoms with Gasteiger partial charge in [0.1, 0.15) is 11.5 Å². The second-order valence-corrected chi connectivity index (χ2v) is 10.1. The molecule has 0 aliphatic carbocycles. The number of benzene rings is 2. The molecule has 41 heavy (non-hydrogen) atoms. The van der Waals surface area contributed by atoms with Gasteiger partial charge in [-0.25, -0.2) is 0 Å². The van der Waals surface area contributed by atoms with E-state index in [4.69, 9.17) is 18.9 Å². The van der Waals surface area contributed by atoms with Crippen molar-refractivity contribution in [2.75, 3.05) is 59.2 Å². The van der Waals surface area contributed by atoms with Gasteiger partial charge in [-0.2, -0.15) is 0 Å². The Morgan fingerprint density at radius 2 is 1.63 bits per heavy atom. The average molecular weight is 567 g/mol. The molecule has 0 aromatic heterocycles. The van der Waals surface area contributed by atoms with Gasteiger partial charge in [0.2, 0.25) is 0 Å². The lowest BCUT2D eigenvalue weighted by Crippen LogP contribution is -2.39. The second-order valence-electron chi connectivity index (χ2n) is 10.1. The van der Waals surface area contributed by atoms with Crippen LogP contribution in [0.4, 0.5) is 0 Å². The molecular formula is C32H42N2O7. The Balaban J connectivity index is 1.70. The topological polar surface area (TPSA) is 97.8 Å². The van der Waals surface area contributed by atoms with Gasteiger partial charge < -0.3 is 29.0 Å². The molecule has 1 amide bonds. The molecule has 2 fully saturated rings. The molecule has 9 nitrogen and oxygen atoms in total. The normalized spacial score (nSPS) is 19.0. The van der Waals surface area contributed by atoms with Crippen LogP contribution in [-0.2, 0) is 14.3 Å². The summed E-state index contributed by atoms with van der Waals surface area (Å²) in [6.45, 7) is 11.6. The predicted molar refractivity (Wildman–Crippen MR) is 157 cm³/mol. The fourth-order valence-corrected chi connectivity index (χ4v) is 5.19. The number of ether oxygens (including phenoxy) is 4. The molecular weight excluding hydrogens is 524 g/mol. The molecule has 1 N–H and O–H groups in total. The van der Waals surface area contributed by atoms with Crippen molar-refractivity contribution in [3.8, 4) is 17.2 Å². The van der Waals surface area contributed by atoms with Crippen LogP contribution in [0.3, 0.4) is 0 Å². The van der Waals surface area contributed by atoms with Gasteiger partial charge in [0, 0.05) is 31.7 Å². The Labute approximate surface area is 242 Å². The van der Waals surface area contributed by atoms with Crippen molar-refractivity contribution in [2.24, 2.45) is 0 Å². The number of aliphatic hydroxyl groups excluding tert-OH is 1. The molecule has 2 aliphatic rings. The van der Waals surface area contributed by atoms with Gasteiger partial charge in [-0.05, 0) is 68.7 Å². The number of hydrogen-bond donors (Lipinski definition) is 1. The number of unbranched alkanes of at least 4 members (excludes halogenated alkanes) is 1. The Hall–Kier alpha value is -3.56. The minimum absolute atomic E-state index is 0.0626. The maximum Gasteiger partial charge on any atom is 0.295 e. The maximum absolute atomic E-state index is 13.5. The number of morpholine rings is 1. The van der Waals surface area contributed by atoms with Crippen molar-refractivity contribution in [3.05, 3.63) is 59.2 Å². The molecule has 0 saturated carbocycles. The van der Waals surface area contributed by atoms with Crippen LogP contribution in [0.25, 0.3) is 5.76 Å². The molecule has 0 radical (unpaired) electrons. The highest BCUT2D eigenvalue weighted by atomic mass is 16.5. The quantitative estimate of drug-likeness (QED) is 0.151. The summed E-state index contributed by atoms with van der Waals surface area (Å²) in [5, 5.41) is 11.4. The third-order valence-electron chi connectivity index (χ3n) is 7.29. The number of carbonyl (C=O) groups is 2. The van der Waals surface area contributed by atoms with Gasteiger partial charge in [-0.15, -0.1) is 0 Å². The van der Waals surface area contributed by atoms with Gasteiger partial charge in [0.15, 0.2) is 11.5 Å². The van der Waals surface area contributed by atoms with E-state index in [9.17, 15) is 14.7 Å². The van der Waals surface area contributed by atoms with Crippen LogP contribution < -0.4 is 14.2 Å². The number of Topliss-reactive ketones (excluding diaryl/α,β-unsaturated/α-hetero) is 1. The molecule has 0 spiro atoms. The average Bonchev–Trinajstić information content (AvgIpc) is 3.24. The smallest absolute Gasteiger partial charge is 0.295 e. The first-order valence-corrected chi connectivity index (χ1v) is 14.7. The SMILES string of the molecule is CCCCOc1ccc(C2C(=C(O)c3ccc(OCC)cc3)C(=O)C(=O)N2CCCN2CCOCC2)cc1OCC. The van der Waals surface area contributed by atoms with Crippen molar-refractivity contribution >= 4 is 17.4 Å². The fourth-order valence-electron chi connectivity index (χ4n) is 5.19. The molecule has 2 heterocycles. The number of likely N-dealkylation sites (tertiary alicyclic amines) is 1. The van der Waals surface area contributed by atoms with E-state index in [1.807, 2.05) is 32.0 Å². The molecule has 4 rings (SSSR count). The Morgan fingerprint density at radius 3 is 2.32 bits per heavy atom. The van der Waals surface area contributed by atoms with Crippen LogP contribution in [-0.4, -0.2) is 85.8 Å². The van der Waals surface area contributed by atoms with E-state index in [-0.39, 0.29) is 11.3 Å². The molecule has 0 bridgehead atoms. The van der Waals surface area contributed by atoms with Gasteiger partial charge in [0.25, 0.3) is 11.7 Å².